The summed E-state index contributed by atoms with van der Waals surface area (Å²) in [5.74, 6) is 1.42. The van der Waals surface area contributed by atoms with Crippen molar-refractivity contribution in [1.82, 2.24) is 0 Å². The van der Waals surface area contributed by atoms with Gasteiger partial charge < -0.3 is 15.2 Å². The Morgan fingerprint density at radius 1 is 1.00 bits per heavy atom. The number of hydrogen-bond acceptors (Lipinski definition) is 4. The van der Waals surface area contributed by atoms with Gasteiger partial charge in [0.2, 0.25) is 0 Å². The third kappa shape index (κ3) is 3.73. The maximum atomic E-state index is 6.34. The lowest BCUT2D eigenvalue weighted by molar-refractivity contribution is 0.284. The van der Waals surface area contributed by atoms with Crippen molar-refractivity contribution < 1.29 is 9.47 Å². The number of rotatable bonds is 6. The van der Waals surface area contributed by atoms with E-state index in [-0.39, 0.29) is 6.04 Å². The van der Waals surface area contributed by atoms with Crippen LogP contribution in [0.1, 0.15) is 22.0 Å². The van der Waals surface area contributed by atoms with Crippen molar-refractivity contribution in [2.75, 3.05) is 7.11 Å². The second kappa shape index (κ2) is 7.31. The molecule has 2 N–H and O–H groups in total. The first kappa shape index (κ1) is 15.6. The minimum Gasteiger partial charge on any atom is -0.493 e. The van der Waals surface area contributed by atoms with Gasteiger partial charge in [-0.1, -0.05) is 42.5 Å². The zero-order chi connectivity index (χ0) is 16.1. The first-order valence-electron chi connectivity index (χ1n) is 7.41. The average molecular weight is 325 g/mol. The van der Waals surface area contributed by atoms with Gasteiger partial charge in [-0.2, -0.15) is 0 Å². The van der Waals surface area contributed by atoms with Crippen molar-refractivity contribution >= 4 is 11.3 Å². The van der Waals surface area contributed by atoms with Crippen molar-refractivity contribution in [3.05, 3.63) is 82.0 Å². The van der Waals surface area contributed by atoms with Gasteiger partial charge in [0.25, 0.3) is 0 Å². The number of ether oxygens (including phenoxy) is 2. The average Bonchev–Trinajstić information content (AvgIpc) is 3.14. The van der Waals surface area contributed by atoms with Crippen LogP contribution in [0.3, 0.4) is 0 Å². The van der Waals surface area contributed by atoms with Crippen LogP contribution in [0.25, 0.3) is 0 Å². The number of methoxy groups -OCH3 is 1. The van der Waals surface area contributed by atoms with Crippen LogP contribution < -0.4 is 15.2 Å². The highest BCUT2D eigenvalue weighted by molar-refractivity contribution is 7.10. The smallest absolute Gasteiger partial charge is 0.162 e. The minimum atomic E-state index is -0.153. The van der Waals surface area contributed by atoms with Gasteiger partial charge in [-0.25, -0.2) is 0 Å². The van der Waals surface area contributed by atoms with Crippen molar-refractivity contribution in [1.29, 1.82) is 0 Å². The third-order valence-corrected chi connectivity index (χ3v) is 4.59. The second-order valence-electron chi connectivity index (χ2n) is 5.18. The molecule has 0 aliphatic rings. The topological polar surface area (TPSA) is 44.5 Å². The monoisotopic (exact) mass is 325 g/mol. The first-order valence-corrected chi connectivity index (χ1v) is 8.29. The molecule has 118 valence electrons. The van der Waals surface area contributed by atoms with Gasteiger partial charge in [-0.05, 0) is 34.7 Å². The molecule has 0 aliphatic carbocycles. The Balaban J connectivity index is 1.81. The third-order valence-electron chi connectivity index (χ3n) is 3.63. The molecule has 4 heteroatoms. The molecule has 2 aromatic carbocycles. The number of benzene rings is 2. The molecule has 1 atom stereocenters. The Morgan fingerprint density at radius 2 is 1.83 bits per heavy atom. The zero-order valence-electron chi connectivity index (χ0n) is 12.9. The summed E-state index contributed by atoms with van der Waals surface area (Å²) in [6, 6.07) is 19.8. The van der Waals surface area contributed by atoms with Crippen LogP contribution in [0.2, 0.25) is 0 Å². The highest BCUT2D eigenvalue weighted by atomic mass is 32.1. The molecule has 1 heterocycles. The first-order chi connectivity index (χ1) is 11.3. The van der Waals surface area contributed by atoms with Crippen LogP contribution in [-0.4, -0.2) is 7.11 Å². The van der Waals surface area contributed by atoms with Crippen molar-refractivity contribution in [3.8, 4) is 11.5 Å². The molecule has 0 bridgehead atoms. The Labute approximate surface area is 140 Å². The molecule has 0 spiro atoms. The fourth-order valence-electron chi connectivity index (χ4n) is 2.37. The molecule has 0 unspecified atom stereocenters. The van der Waals surface area contributed by atoms with E-state index in [0.29, 0.717) is 18.1 Å². The van der Waals surface area contributed by atoms with Crippen LogP contribution in [0.5, 0.6) is 11.5 Å². The van der Waals surface area contributed by atoms with Gasteiger partial charge in [0, 0.05) is 4.88 Å². The van der Waals surface area contributed by atoms with E-state index < -0.39 is 0 Å². The lowest BCUT2D eigenvalue weighted by Crippen LogP contribution is -2.10. The quantitative estimate of drug-likeness (QED) is 0.731. The molecule has 3 rings (SSSR count). The fourth-order valence-corrected chi connectivity index (χ4v) is 3.12. The maximum absolute atomic E-state index is 6.34. The van der Waals surface area contributed by atoms with Crippen LogP contribution in [-0.2, 0) is 6.61 Å². The normalized spacial score (nSPS) is 11.9. The Bertz CT molecular complexity index is 741. The summed E-state index contributed by atoms with van der Waals surface area (Å²) in [6.45, 7) is 0.495. The van der Waals surface area contributed by atoms with Crippen molar-refractivity contribution in [3.63, 3.8) is 0 Å². The van der Waals surface area contributed by atoms with E-state index in [2.05, 4.69) is 0 Å². The maximum Gasteiger partial charge on any atom is 0.162 e. The van der Waals surface area contributed by atoms with Crippen LogP contribution in [0, 0.1) is 0 Å². The van der Waals surface area contributed by atoms with Crippen LogP contribution in [0.15, 0.2) is 66.0 Å². The molecule has 0 fully saturated rings. The molecule has 0 radical (unpaired) electrons. The van der Waals surface area contributed by atoms with E-state index in [9.17, 15) is 0 Å². The lowest BCUT2D eigenvalue weighted by atomic mass is 10.1. The summed E-state index contributed by atoms with van der Waals surface area (Å²) in [5.41, 5.74) is 8.47. The fraction of sp³-hybridized carbons (Fsp3) is 0.158. The van der Waals surface area contributed by atoms with E-state index in [1.807, 2.05) is 66.0 Å². The Kier molecular flexibility index (Phi) is 4.95. The SMILES string of the molecule is COc1ccc([C@H](N)c2cccs2)cc1OCc1ccccc1. The molecule has 0 saturated heterocycles. The largest absolute Gasteiger partial charge is 0.493 e. The van der Waals surface area contributed by atoms with Crippen molar-refractivity contribution in [2.45, 2.75) is 12.6 Å². The molecule has 0 amide bonds. The van der Waals surface area contributed by atoms with E-state index in [4.69, 9.17) is 15.2 Å². The zero-order valence-corrected chi connectivity index (χ0v) is 13.8. The van der Waals surface area contributed by atoms with E-state index >= 15 is 0 Å². The number of hydrogen-bond donors (Lipinski definition) is 1. The van der Waals surface area contributed by atoms with Crippen LogP contribution >= 0.6 is 11.3 Å². The second-order valence-corrected chi connectivity index (χ2v) is 6.16. The molecular formula is C19H19NO2S. The van der Waals surface area contributed by atoms with Gasteiger partial charge >= 0.3 is 0 Å². The van der Waals surface area contributed by atoms with Gasteiger partial charge in [0.15, 0.2) is 11.5 Å². The highest BCUT2D eigenvalue weighted by Gasteiger charge is 2.13. The number of thiophene rings is 1. The predicted octanol–water partition coefficient (Wildman–Crippen LogP) is 4.38. The number of nitrogens with two attached hydrogens (primary N) is 1. The van der Waals surface area contributed by atoms with Crippen LogP contribution in [0.4, 0.5) is 0 Å². The van der Waals surface area contributed by atoms with E-state index in [1.165, 1.54) is 0 Å². The van der Waals surface area contributed by atoms with E-state index in [0.717, 1.165) is 16.0 Å². The molecule has 0 aliphatic heterocycles. The summed E-state index contributed by atoms with van der Waals surface area (Å²) < 4.78 is 11.3. The Morgan fingerprint density at radius 3 is 2.52 bits per heavy atom. The lowest BCUT2D eigenvalue weighted by Gasteiger charge is -2.15. The molecule has 3 nitrogen and oxygen atoms in total. The predicted molar refractivity (Wildman–Crippen MR) is 94.1 cm³/mol. The summed E-state index contributed by atoms with van der Waals surface area (Å²) in [5, 5.41) is 2.03. The molecule has 0 saturated carbocycles. The summed E-state index contributed by atoms with van der Waals surface area (Å²) in [7, 11) is 1.64. The standard InChI is InChI=1S/C19H19NO2S/c1-21-16-10-9-15(19(20)18-8-5-11-23-18)12-17(16)22-13-14-6-3-2-4-7-14/h2-12,19H,13,20H2,1H3/t19-/m0/s1. The van der Waals surface area contributed by atoms with Gasteiger partial charge in [-0.3, -0.25) is 0 Å². The van der Waals surface area contributed by atoms with Gasteiger partial charge in [-0.15, -0.1) is 11.3 Å². The minimum absolute atomic E-state index is 0.153. The molecule has 1 aromatic heterocycles. The van der Waals surface area contributed by atoms with Crippen molar-refractivity contribution in [2.24, 2.45) is 5.73 Å². The molecular weight excluding hydrogens is 306 g/mol. The van der Waals surface area contributed by atoms with E-state index in [1.54, 1.807) is 18.4 Å². The molecule has 3 aromatic rings. The van der Waals surface area contributed by atoms with Gasteiger partial charge in [0.1, 0.15) is 6.61 Å². The Hall–Kier alpha value is -2.30. The summed E-state index contributed by atoms with van der Waals surface area (Å²) in [6.07, 6.45) is 0. The summed E-state index contributed by atoms with van der Waals surface area (Å²) in [4.78, 5) is 1.13. The highest BCUT2D eigenvalue weighted by Crippen LogP contribution is 2.33. The van der Waals surface area contributed by atoms with Gasteiger partial charge in [0.05, 0.1) is 13.2 Å². The molecule has 23 heavy (non-hydrogen) atoms. The summed E-state index contributed by atoms with van der Waals surface area (Å²) >= 11 is 1.65.